The van der Waals surface area contributed by atoms with Crippen molar-refractivity contribution in [2.45, 2.75) is 76.9 Å². The molecule has 0 spiro atoms. The number of aromatic nitrogens is 4. The number of methoxy groups -OCH3 is 1. The van der Waals surface area contributed by atoms with E-state index in [1.165, 1.54) is 11.3 Å². The molecule has 2 aliphatic rings. The van der Waals surface area contributed by atoms with Crippen molar-refractivity contribution in [3.63, 3.8) is 0 Å². The lowest BCUT2D eigenvalue weighted by Gasteiger charge is -2.36. The SMILES string of the molecule is COc1c(-c2cnc(CO[C@H]3CCC[C@@H]3O)nc2)ccc2nc(NC(=O)C3CC(N[C@@H](C)CNC(=O)c4ccnc(C)c4)C3)sc12. The molecule has 242 valence electrons. The van der Waals surface area contributed by atoms with Crippen LogP contribution in [0.2, 0.25) is 0 Å². The number of aliphatic hydroxyl groups is 1. The minimum Gasteiger partial charge on any atom is -0.495 e. The van der Waals surface area contributed by atoms with Crippen molar-refractivity contribution in [3.05, 3.63) is 59.9 Å². The Morgan fingerprint density at radius 2 is 1.93 bits per heavy atom. The molecule has 2 saturated carbocycles. The number of nitrogens with one attached hydrogen (secondary N) is 3. The van der Waals surface area contributed by atoms with E-state index < -0.39 is 6.10 Å². The van der Waals surface area contributed by atoms with Gasteiger partial charge in [-0.05, 0) is 70.2 Å². The average molecular weight is 646 g/mol. The molecule has 0 unspecified atom stereocenters. The number of nitrogens with zero attached hydrogens (tertiary/aromatic N) is 4. The summed E-state index contributed by atoms with van der Waals surface area (Å²) in [5.41, 5.74) is 3.73. The Bertz CT molecular complexity index is 1690. The van der Waals surface area contributed by atoms with Crippen molar-refractivity contribution in [1.82, 2.24) is 30.6 Å². The summed E-state index contributed by atoms with van der Waals surface area (Å²) in [6, 6.07) is 7.55. The zero-order valence-corrected chi connectivity index (χ0v) is 27.0. The van der Waals surface area contributed by atoms with Crippen LogP contribution in [0, 0.1) is 12.8 Å². The lowest BCUT2D eigenvalue weighted by atomic mass is 9.79. The van der Waals surface area contributed by atoms with Crippen LogP contribution in [0.3, 0.4) is 0 Å². The second kappa shape index (κ2) is 14.2. The highest BCUT2D eigenvalue weighted by Gasteiger charge is 2.35. The van der Waals surface area contributed by atoms with Gasteiger partial charge in [0.1, 0.15) is 12.4 Å². The molecule has 6 rings (SSSR count). The van der Waals surface area contributed by atoms with E-state index in [2.05, 4.69) is 35.9 Å². The van der Waals surface area contributed by atoms with E-state index in [-0.39, 0.29) is 42.5 Å². The van der Waals surface area contributed by atoms with Gasteiger partial charge in [-0.3, -0.25) is 14.6 Å². The van der Waals surface area contributed by atoms with Crippen LogP contribution < -0.4 is 20.7 Å². The number of carbonyl (C=O) groups excluding carboxylic acids is 2. The molecule has 2 fully saturated rings. The van der Waals surface area contributed by atoms with Gasteiger partial charge < -0.3 is 30.5 Å². The minimum absolute atomic E-state index is 0.0540. The van der Waals surface area contributed by atoms with Crippen LogP contribution in [0.1, 0.15) is 60.9 Å². The van der Waals surface area contributed by atoms with Crippen molar-refractivity contribution in [1.29, 1.82) is 0 Å². The number of aryl methyl sites for hydroxylation is 1. The van der Waals surface area contributed by atoms with Crippen LogP contribution in [-0.4, -0.2) is 74.8 Å². The van der Waals surface area contributed by atoms with E-state index in [0.29, 0.717) is 41.7 Å². The molecular formula is C33H39N7O5S. The average Bonchev–Trinajstić information content (AvgIpc) is 3.64. The van der Waals surface area contributed by atoms with Crippen LogP contribution in [0.15, 0.2) is 42.9 Å². The fraction of sp³-hybridized carbons (Fsp3) is 0.455. The molecule has 2 aliphatic carbocycles. The molecule has 2 amide bonds. The highest BCUT2D eigenvalue weighted by Crippen LogP contribution is 2.41. The van der Waals surface area contributed by atoms with E-state index in [1.807, 2.05) is 26.0 Å². The third-order valence-electron chi connectivity index (χ3n) is 8.56. The standard InChI is InChI=1S/C33H39N7O5S/c1-18-11-20(9-10-34-18)31(42)37-14-19(2)38-23-12-21(13-23)32(43)40-33-39-25-8-7-24(29(44-3)30(25)46-33)22-15-35-28(36-16-22)17-45-27-6-4-5-26(27)41/h7-11,15-16,19,21,23,26-27,38,41H,4-6,12-14,17H2,1-3H3,(H,37,42)(H,39,40,43)/t19-,21?,23?,26-,27-/m0/s1. The van der Waals surface area contributed by atoms with Crippen molar-refractivity contribution < 1.29 is 24.2 Å². The molecule has 3 aromatic heterocycles. The van der Waals surface area contributed by atoms with E-state index in [4.69, 9.17) is 9.47 Å². The number of benzene rings is 1. The van der Waals surface area contributed by atoms with E-state index in [0.717, 1.165) is 46.3 Å². The number of aliphatic hydroxyl groups excluding tert-OH is 1. The molecule has 0 radical (unpaired) electrons. The van der Waals surface area contributed by atoms with Crippen molar-refractivity contribution in [2.75, 3.05) is 19.0 Å². The Balaban J connectivity index is 1.00. The monoisotopic (exact) mass is 645 g/mol. The first kappa shape index (κ1) is 31.9. The van der Waals surface area contributed by atoms with Gasteiger partial charge in [0, 0.05) is 65.5 Å². The smallest absolute Gasteiger partial charge is 0.251 e. The van der Waals surface area contributed by atoms with Crippen LogP contribution in [-0.2, 0) is 16.1 Å². The predicted octanol–water partition coefficient (Wildman–Crippen LogP) is 4.02. The van der Waals surface area contributed by atoms with Gasteiger partial charge >= 0.3 is 0 Å². The summed E-state index contributed by atoms with van der Waals surface area (Å²) in [5.74, 6) is 0.904. The molecule has 3 atom stereocenters. The Morgan fingerprint density at radius 3 is 2.65 bits per heavy atom. The molecule has 13 heteroatoms. The summed E-state index contributed by atoms with van der Waals surface area (Å²) in [6.45, 7) is 4.61. The molecule has 0 saturated heterocycles. The number of carbonyl (C=O) groups is 2. The Labute approximate surface area is 271 Å². The maximum atomic E-state index is 13.0. The first-order valence-corrected chi connectivity index (χ1v) is 16.4. The number of anilines is 1. The van der Waals surface area contributed by atoms with Gasteiger partial charge in [-0.1, -0.05) is 11.3 Å². The summed E-state index contributed by atoms with van der Waals surface area (Å²) in [4.78, 5) is 43.1. The number of hydrogen-bond acceptors (Lipinski definition) is 11. The number of ether oxygens (including phenoxy) is 2. The maximum Gasteiger partial charge on any atom is 0.251 e. The van der Waals surface area contributed by atoms with Crippen molar-refractivity contribution in [2.24, 2.45) is 5.92 Å². The summed E-state index contributed by atoms with van der Waals surface area (Å²) < 4.78 is 12.4. The first-order valence-electron chi connectivity index (χ1n) is 15.6. The Hall–Kier alpha value is -4.04. The molecule has 4 aromatic rings. The molecule has 4 N–H and O–H groups in total. The van der Waals surface area contributed by atoms with Gasteiger partial charge in [0.2, 0.25) is 5.91 Å². The van der Waals surface area contributed by atoms with E-state index >= 15 is 0 Å². The number of rotatable bonds is 12. The molecular weight excluding hydrogens is 606 g/mol. The topological polar surface area (TPSA) is 160 Å². The van der Waals surface area contributed by atoms with Gasteiger partial charge in [-0.15, -0.1) is 0 Å². The highest BCUT2D eigenvalue weighted by molar-refractivity contribution is 7.22. The lowest BCUT2D eigenvalue weighted by Crippen LogP contribution is -2.51. The number of fused-ring (bicyclic) bond motifs is 1. The fourth-order valence-corrected chi connectivity index (χ4v) is 6.97. The molecule has 12 nitrogen and oxygen atoms in total. The number of pyridine rings is 1. The summed E-state index contributed by atoms with van der Waals surface area (Å²) >= 11 is 1.37. The van der Waals surface area contributed by atoms with Crippen LogP contribution in [0.4, 0.5) is 5.13 Å². The highest BCUT2D eigenvalue weighted by atomic mass is 32.1. The third-order valence-corrected chi connectivity index (χ3v) is 9.55. The van der Waals surface area contributed by atoms with Gasteiger partial charge in [0.15, 0.2) is 11.0 Å². The molecule has 46 heavy (non-hydrogen) atoms. The number of amides is 2. The van der Waals surface area contributed by atoms with Gasteiger partial charge in [-0.25, -0.2) is 15.0 Å². The largest absolute Gasteiger partial charge is 0.495 e. The zero-order chi connectivity index (χ0) is 32.2. The quantitative estimate of drug-likeness (QED) is 0.177. The first-order chi connectivity index (χ1) is 22.3. The number of hydrogen-bond donors (Lipinski definition) is 4. The van der Waals surface area contributed by atoms with Crippen LogP contribution >= 0.6 is 11.3 Å². The molecule has 0 aliphatic heterocycles. The van der Waals surface area contributed by atoms with Gasteiger partial charge in [0.05, 0.1) is 29.5 Å². The van der Waals surface area contributed by atoms with E-state index in [1.54, 1.807) is 37.8 Å². The van der Waals surface area contributed by atoms with Gasteiger partial charge in [-0.2, -0.15) is 0 Å². The summed E-state index contributed by atoms with van der Waals surface area (Å²) in [7, 11) is 1.61. The van der Waals surface area contributed by atoms with Crippen LogP contribution in [0.25, 0.3) is 21.3 Å². The minimum atomic E-state index is -0.420. The Kier molecular flexibility index (Phi) is 9.83. The normalized spacial score (nSPS) is 21.5. The Morgan fingerprint density at radius 1 is 1.13 bits per heavy atom. The second-order valence-electron chi connectivity index (χ2n) is 12.1. The van der Waals surface area contributed by atoms with Crippen LogP contribution in [0.5, 0.6) is 5.75 Å². The van der Waals surface area contributed by atoms with E-state index in [9.17, 15) is 14.7 Å². The summed E-state index contributed by atoms with van der Waals surface area (Å²) in [6.07, 6.45) is 8.54. The van der Waals surface area contributed by atoms with Crippen molar-refractivity contribution >= 4 is 38.5 Å². The predicted molar refractivity (Wildman–Crippen MR) is 175 cm³/mol. The fourth-order valence-electron chi connectivity index (χ4n) is 5.97. The number of thiazole rings is 1. The third kappa shape index (κ3) is 7.33. The molecule has 0 bridgehead atoms. The molecule has 3 heterocycles. The lowest BCUT2D eigenvalue weighted by molar-refractivity contribution is -0.123. The molecule has 1 aromatic carbocycles. The van der Waals surface area contributed by atoms with Gasteiger partial charge in [0.25, 0.3) is 5.91 Å². The zero-order valence-electron chi connectivity index (χ0n) is 26.2. The maximum absolute atomic E-state index is 13.0. The second-order valence-corrected chi connectivity index (χ2v) is 13.1. The van der Waals surface area contributed by atoms with Crippen molar-refractivity contribution in [3.8, 4) is 16.9 Å². The summed E-state index contributed by atoms with van der Waals surface area (Å²) in [5, 5.41) is 20.0.